The quantitative estimate of drug-likeness (QED) is 0.714. The van der Waals surface area contributed by atoms with E-state index in [4.69, 9.17) is 12.2 Å². The zero-order valence-corrected chi connectivity index (χ0v) is 16.8. The number of thiocarbonyl (C=S) groups is 1. The molecule has 0 aliphatic carbocycles. The Labute approximate surface area is 168 Å². The van der Waals surface area contributed by atoms with E-state index < -0.39 is 21.7 Å². The van der Waals surface area contributed by atoms with Crippen LogP contribution in [0.25, 0.3) is 0 Å². The van der Waals surface area contributed by atoms with Gasteiger partial charge in [-0.3, -0.25) is 0 Å². The molecule has 2 N–H and O–H groups in total. The number of nitrogens with zero attached hydrogens (tertiary/aromatic N) is 1. The van der Waals surface area contributed by atoms with Gasteiger partial charge in [0, 0.05) is 30.5 Å². The molecule has 0 radical (unpaired) electrons. The zero-order valence-electron chi connectivity index (χ0n) is 15.1. The largest absolute Gasteiger partial charge is 0.332 e. The summed E-state index contributed by atoms with van der Waals surface area (Å²) in [5.74, 6) is -1.43. The predicted octanol–water partition coefficient (Wildman–Crippen LogP) is 4.34. The maximum atomic E-state index is 13.2. The van der Waals surface area contributed by atoms with Crippen LogP contribution in [0.4, 0.5) is 20.2 Å². The first-order valence-corrected chi connectivity index (χ1v) is 10.8. The monoisotopic (exact) mass is 425 g/mol. The second-order valence-corrected chi connectivity index (χ2v) is 8.93. The van der Waals surface area contributed by atoms with Crippen LogP contribution >= 0.6 is 12.2 Å². The number of benzene rings is 2. The molecule has 0 spiro atoms. The van der Waals surface area contributed by atoms with Gasteiger partial charge < -0.3 is 10.6 Å². The average molecular weight is 426 g/mol. The summed E-state index contributed by atoms with van der Waals surface area (Å²) in [6, 6.07) is 9.25. The molecule has 2 aromatic rings. The molecule has 1 saturated heterocycles. The number of anilines is 2. The van der Waals surface area contributed by atoms with Gasteiger partial charge in [-0.25, -0.2) is 17.2 Å². The fourth-order valence-electron chi connectivity index (χ4n) is 3.06. The summed E-state index contributed by atoms with van der Waals surface area (Å²) in [5.41, 5.74) is 0.736. The van der Waals surface area contributed by atoms with Crippen LogP contribution in [0.3, 0.4) is 0 Å². The van der Waals surface area contributed by atoms with Crippen molar-refractivity contribution in [2.45, 2.75) is 30.6 Å². The third-order valence-electron chi connectivity index (χ3n) is 4.44. The highest BCUT2D eigenvalue weighted by Gasteiger charge is 2.24. The molecule has 28 heavy (non-hydrogen) atoms. The molecule has 0 aromatic heterocycles. The number of sulfonamides is 1. The van der Waals surface area contributed by atoms with Gasteiger partial charge in [-0.1, -0.05) is 12.8 Å². The topological polar surface area (TPSA) is 61.4 Å². The van der Waals surface area contributed by atoms with E-state index in [1.807, 2.05) is 0 Å². The maximum Gasteiger partial charge on any atom is 0.243 e. The lowest BCUT2D eigenvalue weighted by atomic mass is 10.2. The molecule has 0 unspecified atom stereocenters. The summed E-state index contributed by atoms with van der Waals surface area (Å²) in [6.45, 7) is 1.08. The lowest BCUT2D eigenvalue weighted by molar-refractivity contribution is 0.424. The van der Waals surface area contributed by atoms with Gasteiger partial charge in [0.2, 0.25) is 10.0 Å². The van der Waals surface area contributed by atoms with Crippen molar-refractivity contribution in [3.8, 4) is 0 Å². The zero-order chi connectivity index (χ0) is 20.1. The molecule has 0 atom stereocenters. The van der Waals surface area contributed by atoms with E-state index in [-0.39, 0.29) is 15.7 Å². The van der Waals surface area contributed by atoms with Gasteiger partial charge >= 0.3 is 0 Å². The van der Waals surface area contributed by atoms with Crippen molar-refractivity contribution in [2.75, 3.05) is 23.7 Å². The SMILES string of the molecule is O=S(=O)(c1ccc(NC(=S)Nc2cc(F)cc(F)c2)cc1)N1CCCCCC1. The highest BCUT2D eigenvalue weighted by Crippen LogP contribution is 2.22. The van der Waals surface area contributed by atoms with Crippen LogP contribution in [0.1, 0.15) is 25.7 Å². The minimum absolute atomic E-state index is 0.133. The van der Waals surface area contributed by atoms with Gasteiger partial charge in [0.25, 0.3) is 0 Å². The van der Waals surface area contributed by atoms with Crippen LogP contribution < -0.4 is 10.6 Å². The van der Waals surface area contributed by atoms with E-state index in [0.717, 1.165) is 43.9 Å². The lowest BCUT2D eigenvalue weighted by Gasteiger charge is -2.20. The third kappa shape index (κ3) is 5.24. The van der Waals surface area contributed by atoms with Gasteiger partial charge in [-0.05, 0) is 61.5 Å². The summed E-state index contributed by atoms with van der Waals surface area (Å²) in [6.07, 6.45) is 3.85. The first-order valence-electron chi connectivity index (χ1n) is 8.99. The number of hydrogen-bond acceptors (Lipinski definition) is 3. The second kappa shape index (κ2) is 8.93. The number of halogens is 2. The van der Waals surface area contributed by atoms with Crippen LogP contribution in [-0.4, -0.2) is 30.9 Å². The Balaban J connectivity index is 1.65. The molecule has 0 saturated carbocycles. The Morgan fingerprint density at radius 2 is 1.39 bits per heavy atom. The van der Waals surface area contributed by atoms with Gasteiger partial charge in [-0.15, -0.1) is 0 Å². The summed E-state index contributed by atoms with van der Waals surface area (Å²) >= 11 is 5.13. The number of rotatable bonds is 4. The highest BCUT2D eigenvalue weighted by atomic mass is 32.2. The van der Waals surface area contributed by atoms with Crippen LogP contribution in [0, 0.1) is 11.6 Å². The van der Waals surface area contributed by atoms with Crippen molar-refractivity contribution in [1.29, 1.82) is 0 Å². The summed E-state index contributed by atoms with van der Waals surface area (Å²) in [7, 11) is -3.51. The maximum absolute atomic E-state index is 13.2. The van der Waals surface area contributed by atoms with E-state index in [1.54, 1.807) is 12.1 Å². The van der Waals surface area contributed by atoms with E-state index in [2.05, 4.69) is 10.6 Å². The normalized spacial score (nSPS) is 15.6. The van der Waals surface area contributed by atoms with E-state index in [1.165, 1.54) is 16.4 Å². The molecule has 150 valence electrons. The minimum Gasteiger partial charge on any atom is -0.332 e. The molecule has 0 amide bonds. The third-order valence-corrected chi connectivity index (χ3v) is 6.55. The van der Waals surface area contributed by atoms with E-state index in [0.29, 0.717) is 18.8 Å². The lowest BCUT2D eigenvalue weighted by Crippen LogP contribution is -2.31. The van der Waals surface area contributed by atoms with Gasteiger partial charge in [0.15, 0.2) is 5.11 Å². The Hall–Kier alpha value is -2.10. The average Bonchev–Trinajstić information content (AvgIpc) is 2.91. The molecule has 1 fully saturated rings. The molecule has 2 aromatic carbocycles. The van der Waals surface area contributed by atoms with Crippen molar-refractivity contribution >= 4 is 38.7 Å². The smallest absolute Gasteiger partial charge is 0.243 e. The molecular weight excluding hydrogens is 404 g/mol. The summed E-state index contributed by atoms with van der Waals surface area (Å²) < 4.78 is 53.6. The molecule has 3 rings (SSSR count). The first kappa shape index (κ1) is 20.6. The number of nitrogens with one attached hydrogen (secondary N) is 2. The highest BCUT2D eigenvalue weighted by molar-refractivity contribution is 7.89. The summed E-state index contributed by atoms with van der Waals surface area (Å²) in [5, 5.41) is 5.69. The van der Waals surface area contributed by atoms with Crippen molar-refractivity contribution in [2.24, 2.45) is 0 Å². The van der Waals surface area contributed by atoms with Crippen LogP contribution in [0.2, 0.25) is 0 Å². The molecular formula is C19H21F2N3O2S2. The molecule has 5 nitrogen and oxygen atoms in total. The van der Waals surface area contributed by atoms with Gasteiger partial charge in [-0.2, -0.15) is 4.31 Å². The summed E-state index contributed by atoms with van der Waals surface area (Å²) in [4.78, 5) is 0.228. The Bertz CT molecular complexity index is 922. The van der Waals surface area contributed by atoms with Crippen molar-refractivity contribution < 1.29 is 17.2 Å². The fourth-order valence-corrected chi connectivity index (χ4v) is 4.81. The molecule has 1 aliphatic rings. The van der Waals surface area contributed by atoms with Gasteiger partial charge in [0.1, 0.15) is 11.6 Å². The second-order valence-electron chi connectivity index (χ2n) is 6.58. The van der Waals surface area contributed by atoms with Crippen molar-refractivity contribution in [1.82, 2.24) is 4.31 Å². The first-order chi connectivity index (χ1) is 13.3. The van der Waals surface area contributed by atoms with Crippen LogP contribution in [0.5, 0.6) is 0 Å². The standard InChI is InChI=1S/C19H21F2N3O2S2/c20-14-11-15(21)13-17(12-14)23-19(27)22-16-5-7-18(8-6-16)28(25,26)24-9-3-1-2-4-10-24/h5-8,11-13H,1-4,9-10H2,(H2,22,23,27). The Kier molecular flexibility index (Phi) is 6.58. The minimum atomic E-state index is -3.51. The fraction of sp³-hybridized carbons (Fsp3) is 0.316. The van der Waals surface area contributed by atoms with Crippen molar-refractivity contribution in [3.63, 3.8) is 0 Å². The molecule has 9 heteroatoms. The molecule has 1 aliphatic heterocycles. The molecule has 0 bridgehead atoms. The van der Waals surface area contributed by atoms with E-state index in [9.17, 15) is 17.2 Å². The van der Waals surface area contributed by atoms with Crippen LogP contribution in [-0.2, 0) is 10.0 Å². The van der Waals surface area contributed by atoms with Gasteiger partial charge in [0.05, 0.1) is 4.90 Å². The Morgan fingerprint density at radius 1 is 0.857 bits per heavy atom. The van der Waals surface area contributed by atoms with E-state index >= 15 is 0 Å². The van der Waals surface area contributed by atoms with Crippen molar-refractivity contribution in [3.05, 3.63) is 54.1 Å². The Morgan fingerprint density at radius 3 is 1.96 bits per heavy atom. The van der Waals surface area contributed by atoms with Crippen LogP contribution in [0.15, 0.2) is 47.4 Å². The molecule has 1 heterocycles. The predicted molar refractivity (Wildman–Crippen MR) is 110 cm³/mol. The number of hydrogen-bond donors (Lipinski definition) is 2.